The van der Waals surface area contributed by atoms with E-state index < -0.39 is 0 Å². The lowest BCUT2D eigenvalue weighted by atomic mass is 9.92. The maximum absolute atomic E-state index is 5.70. The number of rotatable bonds is 2. The Morgan fingerprint density at radius 2 is 1.79 bits per heavy atom. The Balaban J connectivity index is 1.98. The average Bonchev–Trinajstić information content (AvgIpc) is 2.47. The molecule has 0 N–H and O–H groups in total. The Labute approximate surface area is 114 Å². The second-order valence-electron chi connectivity index (χ2n) is 5.02. The van der Waals surface area contributed by atoms with Crippen molar-refractivity contribution in [2.45, 2.75) is 19.3 Å². The molecular formula is C17H18O2. The second kappa shape index (κ2) is 4.96. The standard InChI is InChI=1S/C17H18O2/c1-12-9-10-19-17-8-5-14(11-16(12)17)13-3-6-15(18-2)7-4-13/h3-8,11-12H,9-10H2,1-2H3. The molecule has 0 fully saturated rings. The number of ether oxygens (including phenoxy) is 2. The molecule has 0 saturated heterocycles. The first-order valence-electron chi connectivity index (χ1n) is 6.69. The van der Waals surface area contributed by atoms with Crippen LogP contribution in [0.15, 0.2) is 42.5 Å². The van der Waals surface area contributed by atoms with Crippen molar-refractivity contribution in [2.75, 3.05) is 13.7 Å². The molecule has 2 aromatic rings. The van der Waals surface area contributed by atoms with Crippen LogP contribution in [0.2, 0.25) is 0 Å². The van der Waals surface area contributed by atoms with Crippen LogP contribution in [0.1, 0.15) is 24.8 Å². The normalized spacial score (nSPS) is 17.5. The van der Waals surface area contributed by atoms with Gasteiger partial charge in [-0.15, -0.1) is 0 Å². The number of fused-ring (bicyclic) bond motifs is 1. The molecule has 1 atom stereocenters. The molecule has 2 nitrogen and oxygen atoms in total. The number of hydrogen-bond donors (Lipinski definition) is 0. The van der Waals surface area contributed by atoms with Gasteiger partial charge in [0.05, 0.1) is 13.7 Å². The van der Waals surface area contributed by atoms with Crippen LogP contribution < -0.4 is 9.47 Å². The molecule has 3 rings (SSSR count). The van der Waals surface area contributed by atoms with Crippen LogP contribution in [0.4, 0.5) is 0 Å². The molecule has 0 aliphatic carbocycles. The summed E-state index contributed by atoms with van der Waals surface area (Å²) in [5, 5.41) is 0. The molecule has 0 bridgehead atoms. The highest BCUT2D eigenvalue weighted by Crippen LogP contribution is 2.36. The van der Waals surface area contributed by atoms with Gasteiger partial charge in [0, 0.05) is 0 Å². The molecule has 0 saturated carbocycles. The van der Waals surface area contributed by atoms with Crippen LogP contribution in [0.3, 0.4) is 0 Å². The van der Waals surface area contributed by atoms with Gasteiger partial charge in [0.1, 0.15) is 11.5 Å². The molecule has 98 valence electrons. The fourth-order valence-corrected chi connectivity index (χ4v) is 2.53. The lowest BCUT2D eigenvalue weighted by Crippen LogP contribution is -2.11. The maximum atomic E-state index is 5.70. The monoisotopic (exact) mass is 254 g/mol. The molecule has 1 unspecified atom stereocenters. The fraction of sp³-hybridized carbons (Fsp3) is 0.294. The maximum Gasteiger partial charge on any atom is 0.122 e. The van der Waals surface area contributed by atoms with E-state index >= 15 is 0 Å². The van der Waals surface area contributed by atoms with E-state index in [-0.39, 0.29) is 0 Å². The van der Waals surface area contributed by atoms with Gasteiger partial charge < -0.3 is 9.47 Å². The molecule has 0 aromatic heterocycles. The highest BCUT2D eigenvalue weighted by molar-refractivity contribution is 5.66. The molecule has 2 aromatic carbocycles. The Kier molecular flexibility index (Phi) is 3.16. The van der Waals surface area contributed by atoms with Gasteiger partial charge in [-0.25, -0.2) is 0 Å². The van der Waals surface area contributed by atoms with Crippen molar-refractivity contribution in [3.05, 3.63) is 48.0 Å². The Morgan fingerprint density at radius 1 is 1.05 bits per heavy atom. The van der Waals surface area contributed by atoms with Crippen LogP contribution in [-0.4, -0.2) is 13.7 Å². The van der Waals surface area contributed by atoms with Crippen LogP contribution in [0, 0.1) is 0 Å². The number of methoxy groups -OCH3 is 1. The smallest absolute Gasteiger partial charge is 0.122 e. The van der Waals surface area contributed by atoms with Crippen LogP contribution in [-0.2, 0) is 0 Å². The van der Waals surface area contributed by atoms with Crippen molar-refractivity contribution in [3.63, 3.8) is 0 Å². The molecule has 0 amide bonds. The van der Waals surface area contributed by atoms with Crippen LogP contribution in [0.5, 0.6) is 11.5 Å². The van der Waals surface area contributed by atoms with Crippen molar-refractivity contribution in [3.8, 4) is 22.6 Å². The van der Waals surface area contributed by atoms with Crippen LogP contribution >= 0.6 is 0 Å². The minimum Gasteiger partial charge on any atom is -0.497 e. The van der Waals surface area contributed by atoms with Crippen LogP contribution in [0.25, 0.3) is 11.1 Å². The summed E-state index contributed by atoms with van der Waals surface area (Å²) in [5.74, 6) is 2.50. The van der Waals surface area contributed by atoms with E-state index in [1.807, 2.05) is 12.1 Å². The van der Waals surface area contributed by atoms with E-state index in [0.717, 1.165) is 24.5 Å². The van der Waals surface area contributed by atoms with Crippen molar-refractivity contribution < 1.29 is 9.47 Å². The summed E-state index contributed by atoms with van der Waals surface area (Å²) in [7, 11) is 1.69. The topological polar surface area (TPSA) is 18.5 Å². The molecule has 0 radical (unpaired) electrons. The van der Waals surface area contributed by atoms with Gasteiger partial charge in [-0.05, 0) is 53.3 Å². The summed E-state index contributed by atoms with van der Waals surface area (Å²) in [6.07, 6.45) is 1.10. The van der Waals surface area contributed by atoms with Crippen molar-refractivity contribution in [2.24, 2.45) is 0 Å². The van der Waals surface area contributed by atoms with E-state index in [4.69, 9.17) is 9.47 Å². The van der Waals surface area contributed by atoms with E-state index in [0.29, 0.717) is 5.92 Å². The minimum absolute atomic E-state index is 0.571. The molecule has 19 heavy (non-hydrogen) atoms. The quantitative estimate of drug-likeness (QED) is 0.797. The number of benzene rings is 2. The number of hydrogen-bond acceptors (Lipinski definition) is 2. The second-order valence-corrected chi connectivity index (χ2v) is 5.02. The van der Waals surface area contributed by atoms with E-state index in [9.17, 15) is 0 Å². The highest BCUT2D eigenvalue weighted by atomic mass is 16.5. The van der Waals surface area contributed by atoms with Crippen molar-refractivity contribution >= 4 is 0 Å². The van der Waals surface area contributed by atoms with E-state index in [1.165, 1.54) is 16.7 Å². The summed E-state index contributed by atoms with van der Waals surface area (Å²) in [5.41, 5.74) is 3.76. The SMILES string of the molecule is COc1ccc(-c2ccc3c(c2)C(C)CCO3)cc1. The first kappa shape index (κ1) is 12.1. The van der Waals surface area contributed by atoms with Gasteiger partial charge in [-0.1, -0.05) is 25.1 Å². The summed E-state index contributed by atoms with van der Waals surface area (Å²) in [4.78, 5) is 0. The van der Waals surface area contributed by atoms with Gasteiger partial charge >= 0.3 is 0 Å². The molecular weight excluding hydrogens is 236 g/mol. The largest absolute Gasteiger partial charge is 0.497 e. The Hall–Kier alpha value is -1.96. The lowest BCUT2D eigenvalue weighted by Gasteiger charge is -2.23. The molecule has 1 aliphatic heterocycles. The average molecular weight is 254 g/mol. The zero-order chi connectivity index (χ0) is 13.2. The molecule has 1 aliphatic rings. The third kappa shape index (κ3) is 2.30. The zero-order valence-corrected chi connectivity index (χ0v) is 11.3. The minimum atomic E-state index is 0.571. The molecule has 2 heteroatoms. The zero-order valence-electron chi connectivity index (χ0n) is 11.3. The van der Waals surface area contributed by atoms with Gasteiger partial charge in [-0.2, -0.15) is 0 Å². The molecule has 1 heterocycles. The highest BCUT2D eigenvalue weighted by Gasteiger charge is 2.17. The van der Waals surface area contributed by atoms with Gasteiger partial charge in [0.25, 0.3) is 0 Å². The Bertz CT molecular complexity index is 572. The third-order valence-electron chi connectivity index (χ3n) is 3.77. The van der Waals surface area contributed by atoms with Gasteiger partial charge in [0.2, 0.25) is 0 Å². The van der Waals surface area contributed by atoms with Crippen molar-refractivity contribution in [1.29, 1.82) is 0 Å². The lowest BCUT2D eigenvalue weighted by molar-refractivity contribution is 0.272. The van der Waals surface area contributed by atoms with Crippen molar-refractivity contribution in [1.82, 2.24) is 0 Å². The summed E-state index contributed by atoms with van der Waals surface area (Å²) in [6, 6.07) is 14.6. The van der Waals surface area contributed by atoms with Gasteiger partial charge in [-0.3, -0.25) is 0 Å². The predicted octanol–water partition coefficient (Wildman–Crippen LogP) is 4.25. The van der Waals surface area contributed by atoms with Gasteiger partial charge in [0.15, 0.2) is 0 Å². The first-order chi connectivity index (χ1) is 9.28. The summed E-state index contributed by atoms with van der Waals surface area (Å²) in [6.45, 7) is 3.09. The summed E-state index contributed by atoms with van der Waals surface area (Å²) < 4.78 is 10.9. The fourth-order valence-electron chi connectivity index (χ4n) is 2.53. The third-order valence-corrected chi connectivity index (χ3v) is 3.77. The predicted molar refractivity (Wildman–Crippen MR) is 77.0 cm³/mol. The Morgan fingerprint density at radius 3 is 2.53 bits per heavy atom. The molecule has 0 spiro atoms. The van der Waals surface area contributed by atoms with E-state index in [1.54, 1.807) is 7.11 Å². The van der Waals surface area contributed by atoms with E-state index in [2.05, 4.69) is 37.3 Å². The summed E-state index contributed by atoms with van der Waals surface area (Å²) >= 11 is 0. The first-order valence-corrected chi connectivity index (χ1v) is 6.69.